The van der Waals surface area contributed by atoms with Gasteiger partial charge in [0.1, 0.15) is 29.9 Å². The Hall–Kier alpha value is -2.79. The van der Waals surface area contributed by atoms with Crippen LogP contribution in [0, 0.1) is 17.2 Å². The number of hydrogen-bond acceptors (Lipinski definition) is 8. The van der Waals surface area contributed by atoms with Gasteiger partial charge in [-0.2, -0.15) is 5.26 Å². The molecule has 1 fully saturated rings. The molecule has 124 valence electrons. The van der Waals surface area contributed by atoms with Gasteiger partial charge in [-0.1, -0.05) is 0 Å². The first-order chi connectivity index (χ1) is 11.7. The molecule has 0 amide bonds. The Morgan fingerprint density at radius 2 is 2.04 bits per heavy atom. The number of rotatable bonds is 5. The van der Waals surface area contributed by atoms with Gasteiger partial charge in [-0.25, -0.2) is 19.9 Å². The zero-order valence-electron chi connectivity index (χ0n) is 13.6. The van der Waals surface area contributed by atoms with Crippen LogP contribution in [-0.2, 0) is 0 Å². The standard InChI is InChI=1S/C16H20N8/c1-24(10-12-2-4-18-5-3-12)16-6-14(21-11-22-16)23-15-9-19-13(7-17)8-20-15/h6,8-9,11-12,18H,2-5,10H2,1H3,(H,20,21,22,23). The summed E-state index contributed by atoms with van der Waals surface area (Å²) < 4.78 is 0. The van der Waals surface area contributed by atoms with Crippen molar-refractivity contribution in [2.24, 2.45) is 5.92 Å². The van der Waals surface area contributed by atoms with Gasteiger partial charge in [0, 0.05) is 19.7 Å². The van der Waals surface area contributed by atoms with Crippen LogP contribution in [0.2, 0.25) is 0 Å². The Bertz CT molecular complexity index is 703. The summed E-state index contributed by atoms with van der Waals surface area (Å²) in [5, 5.41) is 15.2. The number of piperidine rings is 1. The predicted molar refractivity (Wildman–Crippen MR) is 90.9 cm³/mol. The summed E-state index contributed by atoms with van der Waals surface area (Å²) in [6.07, 6.45) is 6.86. The number of anilines is 3. The van der Waals surface area contributed by atoms with Crippen molar-refractivity contribution < 1.29 is 0 Å². The van der Waals surface area contributed by atoms with Gasteiger partial charge < -0.3 is 15.5 Å². The lowest BCUT2D eigenvalue weighted by Gasteiger charge is -2.28. The first kappa shape index (κ1) is 16.1. The highest BCUT2D eigenvalue weighted by Gasteiger charge is 2.16. The number of nitriles is 1. The largest absolute Gasteiger partial charge is 0.359 e. The van der Waals surface area contributed by atoms with Crippen LogP contribution in [0.15, 0.2) is 24.8 Å². The molecule has 2 aromatic heterocycles. The minimum atomic E-state index is 0.283. The van der Waals surface area contributed by atoms with Crippen LogP contribution in [0.25, 0.3) is 0 Å². The highest BCUT2D eigenvalue weighted by Crippen LogP contribution is 2.19. The van der Waals surface area contributed by atoms with Crippen LogP contribution in [-0.4, -0.2) is 46.6 Å². The molecular formula is C16H20N8. The smallest absolute Gasteiger partial charge is 0.158 e. The summed E-state index contributed by atoms with van der Waals surface area (Å²) in [5.41, 5.74) is 0.283. The maximum atomic E-state index is 8.75. The summed E-state index contributed by atoms with van der Waals surface area (Å²) in [7, 11) is 2.05. The average molecular weight is 324 g/mol. The van der Waals surface area contributed by atoms with Crippen LogP contribution in [0.3, 0.4) is 0 Å². The molecule has 0 spiro atoms. The number of hydrogen-bond donors (Lipinski definition) is 2. The van der Waals surface area contributed by atoms with E-state index in [9.17, 15) is 0 Å². The third kappa shape index (κ3) is 4.14. The zero-order chi connectivity index (χ0) is 16.8. The van der Waals surface area contributed by atoms with E-state index < -0.39 is 0 Å². The highest BCUT2D eigenvalue weighted by atomic mass is 15.2. The molecule has 24 heavy (non-hydrogen) atoms. The van der Waals surface area contributed by atoms with Crippen LogP contribution < -0.4 is 15.5 Å². The first-order valence-corrected chi connectivity index (χ1v) is 7.97. The molecule has 1 aliphatic rings. The molecule has 8 heteroatoms. The minimum Gasteiger partial charge on any atom is -0.359 e. The molecule has 2 aromatic rings. The van der Waals surface area contributed by atoms with Crippen LogP contribution in [0.4, 0.5) is 17.5 Å². The van der Waals surface area contributed by atoms with Crippen LogP contribution in [0.5, 0.6) is 0 Å². The quantitative estimate of drug-likeness (QED) is 0.849. The van der Waals surface area contributed by atoms with Gasteiger partial charge in [-0.3, -0.25) is 0 Å². The van der Waals surface area contributed by atoms with Crippen molar-refractivity contribution in [3.8, 4) is 6.07 Å². The Morgan fingerprint density at radius 1 is 1.21 bits per heavy atom. The fourth-order valence-electron chi connectivity index (χ4n) is 2.75. The van der Waals surface area contributed by atoms with Gasteiger partial charge in [0.25, 0.3) is 0 Å². The van der Waals surface area contributed by atoms with E-state index in [4.69, 9.17) is 5.26 Å². The van der Waals surface area contributed by atoms with E-state index in [1.54, 1.807) is 0 Å². The maximum Gasteiger partial charge on any atom is 0.158 e. The topological polar surface area (TPSA) is 103 Å². The van der Waals surface area contributed by atoms with Gasteiger partial charge in [0.05, 0.1) is 12.4 Å². The lowest BCUT2D eigenvalue weighted by molar-refractivity contribution is 0.377. The monoisotopic (exact) mass is 324 g/mol. The fraction of sp³-hybridized carbons (Fsp3) is 0.438. The Morgan fingerprint density at radius 3 is 2.75 bits per heavy atom. The van der Waals surface area contributed by atoms with Crippen molar-refractivity contribution in [2.75, 3.05) is 36.9 Å². The summed E-state index contributed by atoms with van der Waals surface area (Å²) in [5.74, 6) is 2.75. The molecule has 0 aromatic carbocycles. The molecule has 0 atom stereocenters. The zero-order valence-corrected chi connectivity index (χ0v) is 13.6. The number of nitrogens with zero attached hydrogens (tertiary/aromatic N) is 6. The second-order valence-corrected chi connectivity index (χ2v) is 5.86. The highest BCUT2D eigenvalue weighted by molar-refractivity contribution is 5.55. The first-order valence-electron chi connectivity index (χ1n) is 7.97. The van der Waals surface area contributed by atoms with Crippen LogP contribution >= 0.6 is 0 Å². The molecule has 1 saturated heterocycles. The Labute approximate surface area is 141 Å². The van der Waals surface area contributed by atoms with Crippen molar-refractivity contribution in [1.82, 2.24) is 25.3 Å². The summed E-state index contributed by atoms with van der Waals surface area (Å²) in [4.78, 5) is 18.8. The third-order valence-electron chi connectivity index (χ3n) is 4.06. The molecule has 0 bridgehead atoms. The van der Waals surface area contributed by atoms with Crippen molar-refractivity contribution in [1.29, 1.82) is 5.26 Å². The van der Waals surface area contributed by atoms with E-state index in [2.05, 4.69) is 42.5 Å². The molecule has 8 nitrogen and oxygen atoms in total. The van der Waals surface area contributed by atoms with Gasteiger partial charge in [-0.05, 0) is 31.8 Å². The third-order valence-corrected chi connectivity index (χ3v) is 4.06. The summed E-state index contributed by atoms with van der Waals surface area (Å²) in [6.45, 7) is 3.16. The van der Waals surface area contributed by atoms with Gasteiger partial charge in [0.2, 0.25) is 0 Å². The number of nitrogens with one attached hydrogen (secondary N) is 2. The van der Waals surface area contributed by atoms with E-state index in [0.29, 0.717) is 17.6 Å². The van der Waals surface area contributed by atoms with Crippen molar-refractivity contribution in [3.63, 3.8) is 0 Å². The van der Waals surface area contributed by atoms with Crippen molar-refractivity contribution in [3.05, 3.63) is 30.5 Å². The fourth-order valence-corrected chi connectivity index (χ4v) is 2.75. The second-order valence-electron chi connectivity index (χ2n) is 5.86. The molecule has 2 N–H and O–H groups in total. The van der Waals surface area contributed by atoms with E-state index in [1.165, 1.54) is 31.6 Å². The number of aromatic nitrogens is 4. The Kier molecular flexibility index (Phi) is 5.13. The summed E-state index contributed by atoms with van der Waals surface area (Å²) in [6, 6.07) is 3.83. The lowest BCUT2D eigenvalue weighted by Crippen LogP contribution is -2.34. The molecule has 3 heterocycles. The second kappa shape index (κ2) is 7.66. The minimum absolute atomic E-state index is 0.283. The molecule has 0 unspecified atom stereocenters. The van der Waals surface area contributed by atoms with Crippen molar-refractivity contribution in [2.45, 2.75) is 12.8 Å². The average Bonchev–Trinajstić information content (AvgIpc) is 2.63. The van der Waals surface area contributed by atoms with E-state index in [-0.39, 0.29) is 5.69 Å². The van der Waals surface area contributed by atoms with Gasteiger partial charge in [0.15, 0.2) is 5.69 Å². The predicted octanol–water partition coefficient (Wildman–Crippen LogP) is 1.32. The maximum absolute atomic E-state index is 8.75. The van der Waals surface area contributed by atoms with E-state index in [0.717, 1.165) is 25.5 Å². The Balaban J connectivity index is 1.65. The summed E-state index contributed by atoms with van der Waals surface area (Å²) >= 11 is 0. The van der Waals surface area contributed by atoms with Crippen molar-refractivity contribution >= 4 is 17.5 Å². The van der Waals surface area contributed by atoms with Crippen LogP contribution in [0.1, 0.15) is 18.5 Å². The SMILES string of the molecule is CN(CC1CCNCC1)c1cc(Nc2cnc(C#N)cn2)ncn1. The molecule has 0 saturated carbocycles. The van der Waals surface area contributed by atoms with Gasteiger partial charge >= 0.3 is 0 Å². The van der Waals surface area contributed by atoms with E-state index in [1.807, 2.05) is 12.1 Å². The molecule has 0 aliphatic carbocycles. The molecule has 1 aliphatic heterocycles. The van der Waals surface area contributed by atoms with E-state index >= 15 is 0 Å². The molecule has 0 radical (unpaired) electrons. The lowest BCUT2D eigenvalue weighted by atomic mass is 9.98. The normalized spacial score (nSPS) is 14.8. The molecule has 3 rings (SSSR count). The van der Waals surface area contributed by atoms with Gasteiger partial charge in [-0.15, -0.1) is 0 Å². The molecular weight excluding hydrogens is 304 g/mol.